The number of aliphatic hydroxyl groups is 2. The molecule has 0 amide bonds. The van der Waals surface area contributed by atoms with Crippen molar-refractivity contribution in [3.63, 3.8) is 0 Å². The van der Waals surface area contributed by atoms with Crippen molar-refractivity contribution in [3.05, 3.63) is 29.3 Å². The zero-order valence-electron chi connectivity index (χ0n) is 14.7. The number of nitrogens with one attached hydrogen (secondary N) is 1. The van der Waals surface area contributed by atoms with Crippen LogP contribution in [0.1, 0.15) is 30.9 Å². The Morgan fingerprint density at radius 2 is 1.80 bits per heavy atom. The Morgan fingerprint density at radius 3 is 2.28 bits per heavy atom. The molecule has 0 saturated carbocycles. The van der Waals surface area contributed by atoms with Gasteiger partial charge in [0.15, 0.2) is 0 Å². The zero-order valence-corrected chi connectivity index (χ0v) is 14.7. The number of aryl methyl sites for hydroxylation is 1. The number of carboxylic acids is 2. The van der Waals surface area contributed by atoms with E-state index in [1.165, 1.54) is 0 Å². The van der Waals surface area contributed by atoms with Crippen LogP contribution in [-0.2, 0) is 9.59 Å². The number of carboxylic acid groups (broad SMARTS) is 2. The molecule has 0 heterocycles. The summed E-state index contributed by atoms with van der Waals surface area (Å²) < 4.78 is 5.72. The quantitative estimate of drug-likeness (QED) is 0.337. The van der Waals surface area contributed by atoms with E-state index in [-0.39, 0.29) is 13.2 Å². The molecule has 1 unspecified atom stereocenters. The molecular weight excluding hydrogens is 330 g/mol. The predicted molar refractivity (Wildman–Crippen MR) is 92.0 cm³/mol. The molecule has 1 aromatic carbocycles. The largest absolute Gasteiger partial charge is 0.491 e. The second kappa shape index (κ2) is 12.2. The zero-order chi connectivity index (χ0) is 19.4. The highest BCUT2D eigenvalue weighted by Crippen LogP contribution is 2.27. The summed E-state index contributed by atoms with van der Waals surface area (Å²) in [4.78, 5) is 18.2. The maximum absolute atomic E-state index is 9.77. The number of ether oxygens (including phenoxy) is 1. The fraction of sp³-hybridized carbons (Fsp3) is 0.529. The second-order valence-corrected chi connectivity index (χ2v) is 5.70. The van der Waals surface area contributed by atoms with Gasteiger partial charge in [0.2, 0.25) is 0 Å². The van der Waals surface area contributed by atoms with Crippen LogP contribution in [0.25, 0.3) is 0 Å². The highest BCUT2D eigenvalue weighted by atomic mass is 16.5. The second-order valence-electron chi connectivity index (χ2n) is 5.70. The molecule has 25 heavy (non-hydrogen) atoms. The van der Waals surface area contributed by atoms with E-state index >= 15 is 0 Å². The van der Waals surface area contributed by atoms with Gasteiger partial charge in [-0.15, -0.1) is 0 Å². The van der Waals surface area contributed by atoms with Crippen LogP contribution in [-0.4, -0.2) is 64.8 Å². The fourth-order valence-corrected chi connectivity index (χ4v) is 1.84. The summed E-state index contributed by atoms with van der Waals surface area (Å²) in [6, 6.07) is 6.15. The van der Waals surface area contributed by atoms with E-state index in [1.54, 1.807) is 0 Å². The third-order valence-electron chi connectivity index (χ3n) is 3.07. The lowest BCUT2D eigenvalue weighted by molar-refractivity contribution is -0.159. The van der Waals surface area contributed by atoms with Gasteiger partial charge in [0, 0.05) is 13.1 Å². The number of aliphatic hydroxyl groups excluding tert-OH is 2. The molecule has 1 atom stereocenters. The van der Waals surface area contributed by atoms with Crippen LogP contribution in [0.15, 0.2) is 18.2 Å². The van der Waals surface area contributed by atoms with Gasteiger partial charge in [-0.05, 0) is 30.0 Å². The lowest BCUT2D eigenvalue weighted by Crippen LogP contribution is -2.33. The molecule has 8 heteroatoms. The molecular formula is C17H27NO7. The molecule has 1 rings (SSSR count). The third-order valence-corrected chi connectivity index (χ3v) is 3.07. The number of rotatable bonds is 8. The van der Waals surface area contributed by atoms with E-state index in [9.17, 15) is 5.11 Å². The van der Waals surface area contributed by atoms with Crippen molar-refractivity contribution in [2.75, 3.05) is 26.3 Å². The summed E-state index contributed by atoms with van der Waals surface area (Å²) >= 11 is 0. The van der Waals surface area contributed by atoms with Crippen molar-refractivity contribution < 1.29 is 34.8 Å². The molecule has 0 fully saturated rings. The first-order valence-electron chi connectivity index (χ1n) is 7.88. The van der Waals surface area contributed by atoms with Crippen molar-refractivity contribution in [1.29, 1.82) is 0 Å². The van der Waals surface area contributed by atoms with Crippen LogP contribution in [0.5, 0.6) is 5.75 Å². The average Bonchev–Trinajstić information content (AvgIpc) is 2.53. The molecule has 0 bridgehead atoms. The molecule has 142 valence electrons. The molecule has 0 aliphatic carbocycles. The number of hydrogen-bond donors (Lipinski definition) is 5. The fourth-order valence-electron chi connectivity index (χ4n) is 1.84. The number of hydrogen-bond acceptors (Lipinski definition) is 6. The van der Waals surface area contributed by atoms with Gasteiger partial charge in [0.25, 0.3) is 0 Å². The third kappa shape index (κ3) is 10.3. The lowest BCUT2D eigenvalue weighted by Gasteiger charge is -2.17. The summed E-state index contributed by atoms with van der Waals surface area (Å²) in [6.45, 7) is 7.50. The molecule has 0 spiro atoms. The first-order valence-corrected chi connectivity index (χ1v) is 7.88. The van der Waals surface area contributed by atoms with Crippen LogP contribution in [0.4, 0.5) is 0 Å². The van der Waals surface area contributed by atoms with Gasteiger partial charge < -0.3 is 30.5 Å². The summed E-state index contributed by atoms with van der Waals surface area (Å²) in [5.41, 5.74) is 2.30. The molecule has 5 N–H and O–H groups in total. The van der Waals surface area contributed by atoms with E-state index in [0.717, 1.165) is 16.9 Å². The van der Waals surface area contributed by atoms with Gasteiger partial charge in [-0.25, -0.2) is 9.59 Å². The predicted octanol–water partition coefficient (Wildman–Crippen LogP) is 0.596. The Balaban J connectivity index is 0.000000823. The Labute approximate surface area is 147 Å². The van der Waals surface area contributed by atoms with Crippen molar-refractivity contribution in [3.8, 4) is 5.75 Å². The molecule has 8 nitrogen and oxygen atoms in total. The first-order chi connectivity index (χ1) is 11.7. The van der Waals surface area contributed by atoms with Crippen molar-refractivity contribution in [1.82, 2.24) is 5.32 Å². The Bertz CT molecular complexity index is 534. The number of benzene rings is 1. The van der Waals surface area contributed by atoms with E-state index in [4.69, 9.17) is 29.6 Å². The Kier molecular flexibility index (Phi) is 11.2. The minimum atomic E-state index is -1.82. The smallest absolute Gasteiger partial charge is 0.414 e. The maximum atomic E-state index is 9.77. The number of carbonyl (C=O) groups is 2. The van der Waals surface area contributed by atoms with Crippen LogP contribution in [0.2, 0.25) is 0 Å². The summed E-state index contributed by atoms with van der Waals surface area (Å²) in [7, 11) is 0. The topological polar surface area (TPSA) is 136 Å². The molecule has 0 saturated heterocycles. The molecule has 0 aromatic heterocycles. The standard InChI is InChI=1S/C15H25NO3.C2H2O4/c1-11(2)14-5-4-12(3)8-15(14)19-10-13(18)9-16-6-7-17;3-1(4)2(5)6/h4-5,8,11,13,16-18H,6-7,9-10H2,1-3H3;(H,3,4)(H,5,6). The first kappa shape index (κ1) is 22.8. The van der Waals surface area contributed by atoms with E-state index in [0.29, 0.717) is 19.0 Å². The van der Waals surface area contributed by atoms with Crippen LogP contribution in [0, 0.1) is 6.92 Å². The normalized spacial score (nSPS) is 11.4. The molecule has 0 radical (unpaired) electrons. The Hall–Kier alpha value is -2.16. The van der Waals surface area contributed by atoms with Gasteiger partial charge in [-0.2, -0.15) is 0 Å². The maximum Gasteiger partial charge on any atom is 0.414 e. The summed E-state index contributed by atoms with van der Waals surface area (Å²) in [5.74, 6) is -2.42. The molecule has 0 aliphatic heterocycles. The van der Waals surface area contributed by atoms with Gasteiger partial charge in [0.05, 0.1) is 6.61 Å². The van der Waals surface area contributed by atoms with Gasteiger partial charge >= 0.3 is 11.9 Å². The Morgan fingerprint density at radius 1 is 1.20 bits per heavy atom. The van der Waals surface area contributed by atoms with Crippen molar-refractivity contribution in [2.24, 2.45) is 0 Å². The van der Waals surface area contributed by atoms with Gasteiger partial charge in [0.1, 0.15) is 18.5 Å². The van der Waals surface area contributed by atoms with Crippen LogP contribution < -0.4 is 10.1 Å². The lowest BCUT2D eigenvalue weighted by atomic mass is 10.0. The monoisotopic (exact) mass is 357 g/mol. The highest BCUT2D eigenvalue weighted by molar-refractivity contribution is 6.27. The highest BCUT2D eigenvalue weighted by Gasteiger charge is 2.10. The average molecular weight is 357 g/mol. The minimum absolute atomic E-state index is 0.0724. The van der Waals surface area contributed by atoms with E-state index < -0.39 is 18.0 Å². The summed E-state index contributed by atoms with van der Waals surface area (Å²) in [6.07, 6.45) is -0.577. The van der Waals surface area contributed by atoms with E-state index in [2.05, 4.69) is 31.3 Å². The van der Waals surface area contributed by atoms with Gasteiger partial charge in [-0.3, -0.25) is 0 Å². The van der Waals surface area contributed by atoms with Crippen LogP contribution in [0.3, 0.4) is 0 Å². The number of aliphatic carboxylic acids is 2. The van der Waals surface area contributed by atoms with Crippen molar-refractivity contribution >= 4 is 11.9 Å². The molecule has 0 aliphatic rings. The minimum Gasteiger partial charge on any atom is -0.491 e. The van der Waals surface area contributed by atoms with E-state index in [1.807, 2.05) is 13.0 Å². The van der Waals surface area contributed by atoms with Crippen molar-refractivity contribution in [2.45, 2.75) is 32.8 Å². The van der Waals surface area contributed by atoms with Crippen LogP contribution >= 0.6 is 0 Å². The molecule has 1 aromatic rings. The summed E-state index contributed by atoms with van der Waals surface area (Å²) in [5, 5.41) is 36.1. The SMILES string of the molecule is Cc1ccc(C(C)C)c(OCC(O)CNCCO)c1.O=C(O)C(=O)O. The van der Waals surface area contributed by atoms with Gasteiger partial charge in [-0.1, -0.05) is 26.0 Å².